The summed E-state index contributed by atoms with van der Waals surface area (Å²) in [6.45, 7) is 3.22. The van der Waals surface area contributed by atoms with Crippen molar-refractivity contribution in [2.75, 3.05) is 18.0 Å². The second-order valence-electron chi connectivity index (χ2n) is 4.90. The molecule has 2 aromatic carbocycles. The van der Waals surface area contributed by atoms with Gasteiger partial charge in [-0.05, 0) is 35.4 Å². The van der Waals surface area contributed by atoms with Gasteiger partial charge in [0.2, 0.25) is 0 Å². The summed E-state index contributed by atoms with van der Waals surface area (Å²) >= 11 is 1.92. The van der Waals surface area contributed by atoms with Gasteiger partial charge in [-0.1, -0.05) is 24.3 Å². The Labute approximate surface area is 118 Å². The zero-order valence-electron chi connectivity index (χ0n) is 10.9. The van der Waals surface area contributed by atoms with Crippen molar-refractivity contribution in [2.24, 2.45) is 0 Å². The molecule has 2 N–H and O–H groups in total. The van der Waals surface area contributed by atoms with Crippen molar-refractivity contribution in [1.29, 1.82) is 0 Å². The highest BCUT2D eigenvalue weighted by Gasteiger charge is 2.18. The molecule has 0 aromatic heterocycles. The van der Waals surface area contributed by atoms with Gasteiger partial charge in [-0.2, -0.15) is 0 Å². The summed E-state index contributed by atoms with van der Waals surface area (Å²) in [5.74, 6) is 1.13. The Hall–Kier alpha value is -1.45. The van der Waals surface area contributed by atoms with E-state index in [-0.39, 0.29) is 0 Å². The van der Waals surface area contributed by atoms with Crippen LogP contribution in [0.25, 0.3) is 0 Å². The first kappa shape index (κ1) is 12.6. The van der Waals surface area contributed by atoms with Crippen LogP contribution in [0.15, 0.2) is 53.4 Å². The van der Waals surface area contributed by atoms with Gasteiger partial charge in [0.05, 0.1) is 0 Å². The Kier molecular flexibility index (Phi) is 3.76. The summed E-state index contributed by atoms with van der Waals surface area (Å²) in [6.07, 6.45) is 0. The molecule has 0 radical (unpaired) electrons. The van der Waals surface area contributed by atoms with Crippen molar-refractivity contribution in [3.8, 4) is 0 Å². The SMILES string of the molecule is Nc1ccc2c(c1)CN(CCSc1ccccc1)C2. The van der Waals surface area contributed by atoms with Crippen LogP contribution in [0, 0.1) is 0 Å². The van der Waals surface area contributed by atoms with Crippen molar-refractivity contribution < 1.29 is 0 Å². The molecule has 3 rings (SSSR count). The van der Waals surface area contributed by atoms with Crippen molar-refractivity contribution >= 4 is 17.4 Å². The van der Waals surface area contributed by atoms with E-state index in [1.165, 1.54) is 16.0 Å². The van der Waals surface area contributed by atoms with Crippen LogP contribution in [0.2, 0.25) is 0 Å². The lowest BCUT2D eigenvalue weighted by molar-refractivity contribution is 0.303. The lowest BCUT2D eigenvalue weighted by atomic mass is 10.1. The fourth-order valence-electron chi connectivity index (χ4n) is 2.45. The number of nitrogens with two attached hydrogens (primary N) is 1. The fraction of sp³-hybridized carbons (Fsp3) is 0.250. The predicted molar refractivity (Wildman–Crippen MR) is 82.1 cm³/mol. The molecule has 1 heterocycles. The molecule has 19 heavy (non-hydrogen) atoms. The molecule has 98 valence electrons. The minimum absolute atomic E-state index is 0.874. The third-order valence-electron chi connectivity index (χ3n) is 3.44. The van der Waals surface area contributed by atoms with Crippen LogP contribution in [-0.4, -0.2) is 17.2 Å². The standard InChI is InChI=1S/C16H18N2S/c17-15-7-6-13-11-18(12-14(13)10-15)8-9-19-16-4-2-1-3-5-16/h1-7,10H,8-9,11-12,17H2. The first-order chi connectivity index (χ1) is 9.31. The molecule has 0 saturated heterocycles. The summed E-state index contributed by atoms with van der Waals surface area (Å²) in [5.41, 5.74) is 9.53. The summed E-state index contributed by atoms with van der Waals surface area (Å²) in [4.78, 5) is 3.84. The molecule has 0 unspecified atom stereocenters. The van der Waals surface area contributed by atoms with E-state index in [1.54, 1.807) is 0 Å². The van der Waals surface area contributed by atoms with E-state index in [9.17, 15) is 0 Å². The van der Waals surface area contributed by atoms with Gasteiger partial charge in [-0.15, -0.1) is 11.8 Å². The minimum Gasteiger partial charge on any atom is -0.399 e. The predicted octanol–water partition coefficient (Wildman–Crippen LogP) is 3.38. The first-order valence-corrected chi connectivity index (χ1v) is 7.57. The van der Waals surface area contributed by atoms with Crippen LogP contribution in [-0.2, 0) is 13.1 Å². The average Bonchev–Trinajstić information content (AvgIpc) is 2.82. The van der Waals surface area contributed by atoms with Gasteiger partial charge in [0.25, 0.3) is 0 Å². The van der Waals surface area contributed by atoms with E-state index >= 15 is 0 Å². The van der Waals surface area contributed by atoms with Gasteiger partial charge in [-0.3, -0.25) is 4.90 Å². The van der Waals surface area contributed by atoms with Crippen LogP contribution in [0.4, 0.5) is 5.69 Å². The maximum atomic E-state index is 5.83. The number of fused-ring (bicyclic) bond motifs is 1. The third kappa shape index (κ3) is 3.11. The molecule has 3 heteroatoms. The quantitative estimate of drug-likeness (QED) is 0.682. The van der Waals surface area contributed by atoms with E-state index in [0.29, 0.717) is 0 Å². The summed E-state index contributed by atoms with van der Waals surface area (Å²) in [7, 11) is 0. The van der Waals surface area contributed by atoms with E-state index in [0.717, 1.165) is 31.1 Å². The Morgan fingerprint density at radius 3 is 2.63 bits per heavy atom. The molecule has 2 nitrogen and oxygen atoms in total. The van der Waals surface area contributed by atoms with Gasteiger partial charge >= 0.3 is 0 Å². The summed E-state index contributed by atoms with van der Waals surface area (Å²) < 4.78 is 0. The monoisotopic (exact) mass is 270 g/mol. The lowest BCUT2D eigenvalue weighted by Gasteiger charge is -2.14. The third-order valence-corrected chi connectivity index (χ3v) is 4.43. The molecule has 0 bridgehead atoms. The fourth-order valence-corrected chi connectivity index (χ4v) is 3.39. The molecule has 1 aliphatic rings. The maximum Gasteiger partial charge on any atom is 0.0317 e. The summed E-state index contributed by atoms with van der Waals surface area (Å²) in [5, 5.41) is 0. The second kappa shape index (κ2) is 5.68. The van der Waals surface area contributed by atoms with Gasteiger partial charge < -0.3 is 5.73 Å². The first-order valence-electron chi connectivity index (χ1n) is 6.59. The zero-order valence-corrected chi connectivity index (χ0v) is 11.7. The van der Waals surface area contributed by atoms with Gasteiger partial charge in [0.1, 0.15) is 0 Å². The highest BCUT2D eigenvalue weighted by molar-refractivity contribution is 7.99. The number of hydrogen-bond acceptors (Lipinski definition) is 3. The van der Waals surface area contributed by atoms with Crippen LogP contribution < -0.4 is 5.73 Å². The lowest BCUT2D eigenvalue weighted by Crippen LogP contribution is -2.19. The van der Waals surface area contributed by atoms with Crippen LogP contribution in [0.3, 0.4) is 0 Å². The Morgan fingerprint density at radius 1 is 1.00 bits per heavy atom. The van der Waals surface area contributed by atoms with Crippen molar-refractivity contribution in [2.45, 2.75) is 18.0 Å². The Morgan fingerprint density at radius 2 is 1.79 bits per heavy atom. The minimum atomic E-state index is 0.874. The highest BCUT2D eigenvalue weighted by Crippen LogP contribution is 2.25. The van der Waals surface area contributed by atoms with E-state index < -0.39 is 0 Å². The number of nitrogen functional groups attached to an aromatic ring is 1. The maximum absolute atomic E-state index is 5.83. The molecule has 0 aliphatic carbocycles. The van der Waals surface area contributed by atoms with E-state index in [1.807, 2.05) is 17.8 Å². The van der Waals surface area contributed by atoms with Crippen molar-refractivity contribution in [3.05, 3.63) is 59.7 Å². The molecule has 0 saturated carbocycles. The van der Waals surface area contributed by atoms with Gasteiger partial charge in [0.15, 0.2) is 0 Å². The molecule has 2 aromatic rings. The van der Waals surface area contributed by atoms with Crippen LogP contribution in [0.1, 0.15) is 11.1 Å². The van der Waals surface area contributed by atoms with E-state index in [4.69, 9.17) is 5.73 Å². The molecular formula is C16H18N2S. The van der Waals surface area contributed by atoms with Crippen molar-refractivity contribution in [1.82, 2.24) is 4.90 Å². The second-order valence-corrected chi connectivity index (χ2v) is 6.07. The van der Waals surface area contributed by atoms with Crippen LogP contribution in [0.5, 0.6) is 0 Å². The summed E-state index contributed by atoms with van der Waals surface area (Å²) in [6, 6.07) is 16.9. The largest absolute Gasteiger partial charge is 0.399 e. The average molecular weight is 270 g/mol. The smallest absolute Gasteiger partial charge is 0.0317 e. The van der Waals surface area contributed by atoms with Crippen LogP contribution >= 0.6 is 11.8 Å². The molecular weight excluding hydrogens is 252 g/mol. The zero-order chi connectivity index (χ0) is 13.1. The molecule has 0 atom stereocenters. The molecule has 0 spiro atoms. The molecule has 1 aliphatic heterocycles. The number of benzene rings is 2. The Bertz CT molecular complexity index is 554. The number of hydrogen-bond donors (Lipinski definition) is 1. The number of thioether (sulfide) groups is 1. The Balaban J connectivity index is 1.51. The van der Waals surface area contributed by atoms with Crippen molar-refractivity contribution in [3.63, 3.8) is 0 Å². The normalized spacial score (nSPS) is 14.5. The highest BCUT2D eigenvalue weighted by atomic mass is 32.2. The van der Waals surface area contributed by atoms with E-state index in [2.05, 4.69) is 47.4 Å². The topological polar surface area (TPSA) is 29.3 Å². The van der Waals surface area contributed by atoms with Gasteiger partial charge in [0, 0.05) is 36.0 Å². The molecule has 0 fully saturated rings. The number of nitrogens with zero attached hydrogens (tertiary/aromatic N) is 1. The number of anilines is 1. The van der Waals surface area contributed by atoms with Gasteiger partial charge in [-0.25, -0.2) is 0 Å². The number of rotatable bonds is 4. The molecule has 0 amide bonds.